The summed E-state index contributed by atoms with van der Waals surface area (Å²) >= 11 is 0. The molecule has 0 fully saturated rings. The van der Waals surface area contributed by atoms with Crippen molar-refractivity contribution in [1.29, 1.82) is 5.41 Å². The van der Waals surface area contributed by atoms with Crippen molar-refractivity contribution in [3.63, 3.8) is 0 Å². The number of anilines is 1. The van der Waals surface area contributed by atoms with Crippen LogP contribution < -0.4 is 5.32 Å². The van der Waals surface area contributed by atoms with E-state index in [1.54, 1.807) is 6.92 Å². The highest BCUT2D eigenvalue weighted by Crippen LogP contribution is 2.39. The third kappa shape index (κ3) is 3.70. The molecule has 0 aliphatic carbocycles. The number of rotatable bonds is 5. The summed E-state index contributed by atoms with van der Waals surface area (Å²) in [5, 5.41) is 33.4. The lowest BCUT2D eigenvalue weighted by molar-refractivity contribution is 1.06. The standard InChI is InChI=1S/C21H17N9/c1-13(22)24-20-19(17(26-28-20)15-11-7-4-8-12-15)27-30-21-18(23-2)16(25-29-21)14-9-5-3-6-10-14/h3-12H,1H3,(H,25,29)(H3,22,24,26,28)/b30-27+. The molecule has 0 atom stereocenters. The van der Waals surface area contributed by atoms with Crippen LogP contribution in [0.4, 0.5) is 23.0 Å². The first-order valence-electron chi connectivity index (χ1n) is 9.06. The molecule has 0 saturated heterocycles. The molecule has 9 nitrogen and oxygen atoms in total. The van der Waals surface area contributed by atoms with E-state index in [4.69, 9.17) is 12.0 Å². The number of H-pyrrole nitrogens is 2. The van der Waals surface area contributed by atoms with E-state index in [0.29, 0.717) is 22.9 Å². The van der Waals surface area contributed by atoms with Crippen LogP contribution in [0.3, 0.4) is 0 Å². The van der Waals surface area contributed by atoms with Crippen molar-refractivity contribution in [2.45, 2.75) is 6.92 Å². The predicted octanol–water partition coefficient (Wildman–Crippen LogP) is 5.84. The Morgan fingerprint density at radius 1 is 0.967 bits per heavy atom. The highest BCUT2D eigenvalue weighted by molar-refractivity contribution is 5.95. The van der Waals surface area contributed by atoms with Gasteiger partial charge in [-0.15, -0.1) is 10.2 Å². The average molecular weight is 395 g/mol. The minimum Gasteiger partial charge on any atom is -0.328 e. The van der Waals surface area contributed by atoms with Crippen molar-refractivity contribution >= 4 is 28.8 Å². The third-order valence-corrected chi connectivity index (χ3v) is 4.24. The van der Waals surface area contributed by atoms with E-state index in [-0.39, 0.29) is 17.3 Å². The molecular formula is C21H17N9. The molecule has 2 heterocycles. The van der Waals surface area contributed by atoms with Gasteiger partial charge in [0.1, 0.15) is 5.69 Å². The molecule has 4 aromatic rings. The zero-order valence-electron chi connectivity index (χ0n) is 16.0. The maximum Gasteiger partial charge on any atom is 0.259 e. The molecule has 0 saturated carbocycles. The highest BCUT2D eigenvalue weighted by atomic mass is 15.3. The van der Waals surface area contributed by atoms with Crippen LogP contribution in [-0.4, -0.2) is 26.2 Å². The molecule has 4 rings (SSSR count). The SMILES string of the molecule is [C-]#[N+]c1c(/N=N/c2c(-c3ccccc3)n[nH]c2NC(C)=N)n[nH]c1-c1ccccc1. The van der Waals surface area contributed by atoms with Crippen molar-refractivity contribution in [2.24, 2.45) is 10.2 Å². The number of hydrogen-bond donors (Lipinski definition) is 4. The first-order valence-corrected chi connectivity index (χ1v) is 9.06. The van der Waals surface area contributed by atoms with Gasteiger partial charge in [-0.1, -0.05) is 60.7 Å². The summed E-state index contributed by atoms with van der Waals surface area (Å²) < 4.78 is 0. The maximum atomic E-state index is 7.71. The molecule has 0 aliphatic rings. The van der Waals surface area contributed by atoms with Crippen LogP contribution in [-0.2, 0) is 0 Å². The zero-order valence-corrected chi connectivity index (χ0v) is 16.0. The Bertz CT molecular complexity index is 1240. The Balaban J connectivity index is 1.76. The smallest absolute Gasteiger partial charge is 0.259 e. The Kier molecular flexibility index (Phi) is 5.13. The minimum atomic E-state index is 0.182. The predicted molar refractivity (Wildman–Crippen MR) is 116 cm³/mol. The van der Waals surface area contributed by atoms with Crippen LogP contribution in [0.25, 0.3) is 27.4 Å². The molecule has 2 aromatic carbocycles. The lowest BCUT2D eigenvalue weighted by atomic mass is 10.1. The summed E-state index contributed by atoms with van der Waals surface area (Å²) in [4.78, 5) is 3.59. The summed E-state index contributed by atoms with van der Waals surface area (Å²) in [5.41, 5.74) is 3.55. The number of nitrogens with one attached hydrogen (secondary N) is 4. The summed E-state index contributed by atoms with van der Waals surface area (Å²) in [7, 11) is 0. The fraction of sp³-hybridized carbons (Fsp3) is 0.0476. The van der Waals surface area contributed by atoms with Gasteiger partial charge in [0, 0.05) is 5.56 Å². The van der Waals surface area contributed by atoms with Gasteiger partial charge < -0.3 is 5.32 Å². The number of nitrogens with zero attached hydrogens (tertiary/aromatic N) is 5. The van der Waals surface area contributed by atoms with Crippen molar-refractivity contribution in [3.05, 3.63) is 72.1 Å². The number of aromatic nitrogens is 4. The second kappa shape index (κ2) is 8.20. The van der Waals surface area contributed by atoms with E-state index in [1.165, 1.54) is 0 Å². The number of azo groups is 1. The van der Waals surface area contributed by atoms with Crippen molar-refractivity contribution < 1.29 is 0 Å². The Labute approximate surface area is 172 Å². The van der Waals surface area contributed by atoms with Crippen LogP contribution in [0.2, 0.25) is 0 Å². The van der Waals surface area contributed by atoms with E-state index < -0.39 is 0 Å². The lowest BCUT2D eigenvalue weighted by Gasteiger charge is -2.02. The van der Waals surface area contributed by atoms with Crippen LogP contribution in [0.15, 0.2) is 70.9 Å². The van der Waals surface area contributed by atoms with Gasteiger partial charge in [-0.25, -0.2) is 4.85 Å². The van der Waals surface area contributed by atoms with E-state index >= 15 is 0 Å². The normalized spacial score (nSPS) is 10.8. The molecule has 30 heavy (non-hydrogen) atoms. The molecule has 9 heteroatoms. The molecule has 0 bridgehead atoms. The number of amidine groups is 1. The van der Waals surface area contributed by atoms with Gasteiger partial charge >= 0.3 is 0 Å². The first-order chi connectivity index (χ1) is 14.7. The number of benzene rings is 2. The van der Waals surface area contributed by atoms with E-state index in [2.05, 4.69) is 40.8 Å². The quantitative estimate of drug-likeness (QED) is 0.147. The molecule has 0 amide bonds. The van der Waals surface area contributed by atoms with E-state index in [9.17, 15) is 0 Å². The van der Waals surface area contributed by atoms with Crippen LogP contribution in [0, 0.1) is 12.0 Å². The summed E-state index contributed by atoms with van der Waals surface area (Å²) in [5.74, 6) is 0.845. The van der Waals surface area contributed by atoms with Crippen LogP contribution in [0.5, 0.6) is 0 Å². The topological polar surface area (TPSA) is 122 Å². The van der Waals surface area contributed by atoms with Crippen LogP contribution in [0.1, 0.15) is 6.92 Å². The van der Waals surface area contributed by atoms with Gasteiger partial charge in [-0.05, 0) is 12.5 Å². The maximum absolute atomic E-state index is 7.71. The number of hydrogen-bond acceptors (Lipinski definition) is 5. The minimum absolute atomic E-state index is 0.182. The van der Waals surface area contributed by atoms with Crippen LogP contribution >= 0.6 is 0 Å². The highest BCUT2D eigenvalue weighted by Gasteiger charge is 2.18. The molecule has 0 aliphatic heterocycles. The van der Waals surface area contributed by atoms with Crippen molar-refractivity contribution in [1.82, 2.24) is 20.4 Å². The molecule has 0 radical (unpaired) electrons. The number of aromatic amines is 2. The second-order valence-corrected chi connectivity index (χ2v) is 6.36. The first kappa shape index (κ1) is 18.8. The zero-order chi connectivity index (χ0) is 20.9. The van der Waals surface area contributed by atoms with Gasteiger partial charge in [0.15, 0.2) is 11.5 Å². The third-order valence-electron chi connectivity index (χ3n) is 4.24. The van der Waals surface area contributed by atoms with E-state index in [1.807, 2.05) is 60.7 Å². The molecule has 0 unspecified atom stereocenters. The molecule has 2 aromatic heterocycles. The van der Waals surface area contributed by atoms with Gasteiger partial charge in [0.25, 0.3) is 5.69 Å². The Morgan fingerprint density at radius 2 is 1.63 bits per heavy atom. The Hall–Kier alpha value is -4.58. The lowest BCUT2D eigenvalue weighted by Crippen LogP contribution is -2.05. The molecule has 0 spiro atoms. The van der Waals surface area contributed by atoms with E-state index in [0.717, 1.165) is 11.1 Å². The van der Waals surface area contributed by atoms with Gasteiger partial charge in [0.05, 0.1) is 18.1 Å². The van der Waals surface area contributed by atoms with Gasteiger partial charge in [0.2, 0.25) is 5.82 Å². The van der Waals surface area contributed by atoms with Crippen molar-refractivity contribution in [2.75, 3.05) is 5.32 Å². The Morgan fingerprint density at radius 3 is 2.27 bits per heavy atom. The molecular weight excluding hydrogens is 378 g/mol. The summed E-state index contributed by atoms with van der Waals surface area (Å²) in [6.45, 7) is 9.17. The summed E-state index contributed by atoms with van der Waals surface area (Å²) in [6.07, 6.45) is 0. The van der Waals surface area contributed by atoms with Crippen molar-refractivity contribution in [3.8, 4) is 22.5 Å². The largest absolute Gasteiger partial charge is 0.328 e. The fourth-order valence-electron chi connectivity index (χ4n) is 2.91. The average Bonchev–Trinajstić information content (AvgIpc) is 3.36. The monoisotopic (exact) mass is 395 g/mol. The second-order valence-electron chi connectivity index (χ2n) is 6.36. The molecule has 4 N–H and O–H groups in total. The fourth-order valence-corrected chi connectivity index (χ4v) is 2.91. The summed E-state index contributed by atoms with van der Waals surface area (Å²) in [6, 6.07) is 19.0. The van der Waals surface area contributed by atoms with Gasteiger partial charge in [-0.2, -0.15) is 10.2 Å². The van der Waals surface area contributed by atoms with Gasteiger partial charge in [-0.3, -0.25) is 15.6 Å². The molecule has 146 valence electrons.